The van der Waals surface area contributed by atoms with Crippen LogP contribution in [0.1, 0.15) is 18.5 Å². The minimum atomic E-state index is -0.375. The minimum Gasteiger partial charge on any atom is -0.439 e. The molecule has 1 aromatic carbocycles. The fourth-order valence-electron chi connectivity index (χ4n) is 1.38. The lowest BCUT2D eigenvalue weighted by molar-refractivity contribution is 0.457. The van der Waals surface area contributed by atoms with Gasteiger partial charge in [-0.05, 0) is 40.5 Å². The summed E-state index contributed by atoms with van der Waals surface area (Å²) >= 11 is 3.08. The number of nitrogens with two attached hydrogens (primary N) is 1. The molecule has 1 unspecified atom stereocenters. The topological polar surface area (TPSA) is 48.1 Å². The van der Waals surface area contributed by atoms with E-state index in [4.69, 9.17) is 10.5 Å². The average molecular weight is 311 g/mol. The van der Waals surface area contributed by atoms with Gasteiger partial charge < -0.3 is 10.5 Å². The van der Waals surface area contributed by atoms with Gasteiger partial charge in [-0.25, -0.2) is 9.37 Å². The van der Waals surface area contributed by atoms with Crippen molar-refractivity contribution < 1.29 is 9.13 Å². The Morgan fingerprint density at radius 1 is 1.33 bits per heavy atom. The van der Waals surface area contributed by atoms with Crippen molar-refractivity contribution in [1.82, 2.24) is 4.98 Å². The number of rotatable bonds is 3. The highest BCUT2D eigenvalue weighted by molar-refractivity contribution is 9.10. The van der Waals surface area contributed by atoms with Crippen LogP contribution in [-0.4, -0.2) is 4.98 Å². The molecule has 2 aromatic rings. The maximum atomic E-state index is 13.3. The summed E-state index contributed by atoms with van der Waals surface area (Å²) < 4.78 is 19.1. The van der Waals surface area contributed by atoms with Crippen LogP contribution in [0.3, 0.4) is 0 Å². The standard InChI is InChI=1S/C13H12BrFN2O/c1-8(16)9-2-5-13(17-7-9)18-10-3-4-11(14)12(15)6-10/h2-8H,16H2,1H3. The van der Waals surface area contributed by atoms with E-state index in [1.165, 1.54) is 6.07 Å². The number of hydrogen-bond acceptors (Lipinski definition) is 3. The molecule has 0 aliphatic carbocycles. The zero-order chi connectivity index (χ0) is 13.1. The molecule has 0 saturated heterocycles. The number of pyridine rings is 1. The molecule has 0 aliphatic heterocycles. The Morgan fingerprint density at radius 2 is 2.11 bits per heavy atom. The summed E-state index contributed by atoms with van der Waals surface area (Å²) in [6, 6.07) is 8.01. The highest BCUT2D eigenvalue weighted by atomic mass is 79.9. The van der Waals surface area contributed by atoms with Gasteiger partial charge in [-0.2, -0.15) is 0 Å². The van der Waals surface area contributed by atoms with Crippen LogP contribution >= 0.6 is 15.9 Å². The summed E-state index contributed by atoms with van der Waals surface area (Å²) in [5, 5.41) is 0. The molecule has 0 saturated carbocycles. The smallest absolute Gasteiger partial charge is 0.219 e. The monoisotopic (exact) mass is 310 g/mol. The van der Waals surface area contributed by atoms with Crippen LogP contribution < -0.4 is 10.5 Å². The molecule has 1 heterocycles. The van der Waals surface area contributed by atoms with E-state index >= 15 is 0 Å². The van der Waals surface area contributed by atoms with E-state index in [0.717, 1.165) is 5.56 Å². The van der Waals surface area contributed by atoms with Crippen LogP contribution in [0.25, 0.3) is 0 Å². The fourth-order valence-corrected chi connectivity index (χ4v) is 1.63. The lowest BCUT2D eigenvalue weighted by Crippen LogP contribution is -2.05. The Labute approximate surface area is 113 Å². The quantitative estimate of drug-likeness (QED) is 0.938. The Bertz CT molecular complexity index is 543. The second kappa shape index (κ2) is 5.46. The summed E-state index contributed by atoms with van der Waals surface area (Å²) in [5.74, 6) is 0.428. The summed E-state index contributed by atoms with van der Waals surface area (Å²) in [4.78, 5) is 4.11. The van der Waals surface area contributed by atoms with E-state index in [1.807, 2.05) is 13.0 Å². The summed E-state index contributed by atoms with van der Waals surface area (Å²) in [6.45, 7) is 1.88. The van der Waals surface area contributed by atoms with Gasteiger partial charge in [0.05, 0.1) is 4.47 Å². The van der Waals surface area contributed by atoms with Crippen LogP contribution in [0.15, 0.2) is 41.0 Å². The van der Waals surface area contributed by atoms with Gasteiger partial charge in [0.1, 0.15) is 11.6 Å². The van der Waals surface area contributed by atoms with Crippen molar-refractivity contribution in [3.05, 3.63) is 52.4 Å². The normalized spacial score (nSPS) is 12.2. The molecule has 2 rings (SSSR count). The minimum absolute atomic E-state index is 0.0725. The molecule has 0 radical (unpaired) electrons. The second-order valence-corrected chi connectivity index (χ2v) is 4.75. The molecule has 0 bridgehead atoms. The van der Waals surface area contributed by atoms with E-state index < -0.39 is 0 Å². The number of aromatic nitrogens is 1. The second-order valence-electron chi connectivity index (χ2n) is 3.90. The first kappa shape index (κ1) is 13.0. The lowest BCUT2D eigenvalue weighted by Gasteiger charge is -2.08. The van der Waals surface area contributed by atoms with Crippen molar-refractivity contribution in [2.75, 3.05) is 0 Å². The Hall–Kier alpha value is -1.46. The number of hydrogen-bond donors (Lipinski definition) is 1. The predicted molar refractivity (Wildman–Crippen MR) is 71.0 cm³/mol. The van der Waals surface area contributed by atoms with Crippen molar-refractivity contribution in [1.29, 1.82) is 0 Å². The first-order valence-electron chi connectivity index (χ1n) is 5.40. The number of ether oxygens (including phenoxy) is 1. The van der Waals surface area contributed by atoms with Crippen molar-refractivity contribution in [2.45, 2.75) is 13.0 Å². The largest absolute Gasteiger partial charge is 0.439 e. The average Bonchev–Trinajstić information content (AvgIpc) is 2.34. The number of nitrogens with zero attached hydrogens (tertiary/aromatic N) is 1. The van der Waals surface area contributed by atoms with E-state index in [1.54, 1.807) is 24.4 Å². The van der Waals surface area contributed by atoms with E-state index in [-0.39, 0.29) is 11.9 Å². The molecule has 0 spiro atoms. The van der Waals surface area contributed by atoms with Crippen LogP contribution in [0.2, 0.25) is 0 Å². The summed E-state index contributed by atoms with van der Waals surface area (Å²) in [7, 11) is 0. The van der Waals surface area contributed by atoms with Crippen molar-refractivity contribution >= 4 is 15.9 Å². The van der Waals surface area contributed by atoms with Gasteiger partial charge in [0.25, 0.3) is 0 Å². The van der Waals surface area contributed by atoms with Crippen LogP contribution in [0.5, 0.6) is 11.6 Å². The van der Waals surface area contributed by atoms with Gasteiger partial charge in [0.2, 0.25) is 5.88 Å². The van der Waals surface area contributed by atoms with E-state index in [9.17, 15) is 4.39 Å². The highest BCUT2D eigenvalue weighted by Crippen LogP contribution is 2.25. The van der Waals surface area contributed by atoms with Gasteiger partial charge in [-0.1, -0.05) is 6.07 Å². The van der Waals surface area contributed by atoms with Crippen LogP contribution in [0.4, 0.5) is 4.39 Å². The van der Waals surface area contributed by atoms with E-state index in [2.05, 4.69) is 20.9 Å². The third-order valence-electron chi connectivity index (χ3n) is 2.40. The van der Waals surface area contributed by atoms with E-state index in [0.29, 0.717) is 16.1 Å². The number of benzene rings is 1. The van der Waals surface area contributed by atoms with Crippen molar-refractivity contribution in [2.24, 2.45) is 5.73 Å². The molecule has 18 heavy (non-hydrogen) atoms. The molecule has 0 fully saturated rings. The zero-order valence-corrected chi connectivity index (χ0v) is 11.3. The predicted octanol–water partition coefficient (Wildman–Crippen LogP) is 3.80. The first-order valence-corrected chi connectivity index (χ1v) is 6.20. The SMILES string of the molecule is CC(N)c1ccc(Oc2ccc(Br)c(F)c2)nc1. The van der Waals surface area contributed by atoms with Gasteiger partial charge in [0, 0.05) is 24.4 Å². The summed E-state index contributed by atoms with van der Waals surface area (Å²) in [6.07, 6.45) is 1.65. The van der Waals surface area contributed by atoms with Crippen molar-refractivity contribution in [3.8, 4) is 11.6 Å². The molecule has 0 amide bonds. The van der Waals surface area contributed by atoms with Gasteiger partial charge >= 0.3 is 0 Å². The lowest BCUT2D eigenvalue weighted by atomic mass is 10.2. The third kappa shape index (κ3) is 3.05. The molecule has 5 heteroatoms. The fraction of sp³-hybridized carbons (Fsp3) is 0.154. The zero-order valence-electron chi connectivity index (χ0n) is 9.73. The maximum absolute atomic E-state index is 13.3. The molecular formula is C13H12BrFN2O. The Morgan fingerprint density at radius 3 is 2.67 bits per heavy atom. The third-order valence-corrected chi connectivity index (χ3v) is 3.04. The summed E-state index contributed by atoms with van der Waals surface area (Å²) in [5.41, 5.74) is 6.64. The van der Waals surface area contributed by atoms with Gasteiger partial charge in [-0.3, -0.25) is 0 Å². The highest BCUT2D eigenvalue weighted by Gasteiger charge is 2.05. The van der Waals surface area contributed by atoms with Gasteiger partial charge in [0.15, 0.2) is 0 Å². The molecule has 0 aliphatic rings. The van der Waals surface area contributed by atoms with Crippen molar-refractivity contribution in [3.63, 3.8) is 0 Å². The molecule has 1 atom stereocenters. The molecular weight excluding hydrogens is 299 g/mol. The molecule has 1 aromatic heterocycles. The Balaban J connectivity index is 2.15. The van der Waals surface area contributed by atoms with Gasteiger partial charge in [-0.15, -0.1) is 0 Å². The molecule has 3 nitrogen and oxygen atoms in total. The van der Waals surface area contributed by atoms with Crippen LogP contribution in [0, 0.1) is 5.82 Å². The van der Waals surface area contributed by atoms with Crippen LogP contribution in [-0.2, 0) is 0 Å². The number of halogens is 2. The first-order chi connectivity index (χ1) is 8.56. The molecule has 94 valence electrons. The maximum Gasteiger partial charge on any atom is 0.219 e. The Kier molecular flexibility index (Phi) is 3.93. The molecule has 2 N–H and O–H groups in total.